The maximum absolute atomic E-state index is 13.1. The Hall–Kier alpha value is -2.25. The number of carbonyl (C=O) groups is 2. The summed E-state index contributed by atoms with van der Waals surface area (Å²) in [6, 6.07) is 7.84. The number of aryl methyl sites for hydroxylation is 1. The first-order valence-electron chi connectivity index (χ1n) is 10.1. The highest BCUT2D eigenvalue weighted by atomic mass is 32.1. The molecule has 0 fully saturated rings. The van der Waals surface area contributed by atoms with Crippen LogP contribution in [0.25, 0.3) is 0 Å². The van der Waals surface area contributed by atoms with Gasteiger partial charge in [0.15, 0.2) is 5.69 Å². The van der Waals surface area contributed by atoms with Gasteiger partial charge >= 0.3 is 5.97 Å². The van der Waals surface area contributed by atoms with Gasteiger partial charge < -0.3 is 14.4 Å². The molecular weight excluding hydrogens is 388 g/mol. The minimum absolute atomic E-state index is 0.0432. The lowest BCUT2D eigenvalue weighted by Gasteiger charge is -2.22. The average molecular weight is 419 g/mol. The Morgan fingerprint density at radius 2 is 1.90 bits per heavy atom. The average Bonchev–Trinajstić information content (AvgIpc) is 3.22. The van der Waals surface area contributed by atoms with E-state index in [0.717, 1.165) is 25.7 Å². The van der Waals surface area contributed by atoms with E-state index in [1.165, 1.54) is 24.0 Å². The fraction of sp³-hybridized carbons (Fsp3) is 0.500. The van der Waals surface area contributed by atoms with E-state index in [2.05, 4.69) is 11.9 Å². The number of rotatable bonds is 12. The summed E-state index contributed by atoms with van der Waals surface area (Å²) in [6.07, 6.45) is 4.06. The smallest absolute Gasteiger partial charge is 0.357 e. The highest BCUT2D eigenvalue weighted by Gasteiger charge is 2.19. The molecule has 0 aliphatic heterocycles. The molecule has 1 aromatic heterocycles. The summed E-state index contributed by atoms with van der Waals surface area (Å²) >= 11 is 1.35. The first-order valence-corrected chi connectivity index (χ1v) is 11.0. The molecule has 158 valence electrons. The molecule has 1 heterocycles. The number of carbonyl (C=O) groups excluding carboxylic acids is 2. The lowest BCUT2D eigenvalue weighted by molar-refractivity contribution is 0.0594. The zero-order valence-electron chi connectivity index (χ0n) is 17.5. The van der Waals surface area contributed by atoms with E-state index in [9.17, 15) is 9.59 Å². The summed E-state index contributed by atoms with van der Waals surface area (Å²) in [5.74, 6) is -0.511. The number of aromatic nitrogens is 1. The van der Waals surface area contributed by atoms with Crippen LogP contribution in [0.1, 0.15) is 64.5 Å². The first kappa shape index (κ1) is 23.0. The van der Waals surface area contributed by atoms with Crippen LogP contribution < -0.4 is 0 Å². The number of amides is 1. The van der Waals surface area contributed by atoms with Gasteiger partial charge in [0.25, 0.3) is 5.91 Å². The molecule has 0 aliphatic carbocycles. The number of methoxy groups -OCH3 is 1. The number of thiazole rings is 1. The van der Waals surface area contributed by atoms with E-state index < -0.39 is 5.97 Å². The van der Waals surface area contributed by atoms with Crippen LogP contribution in [-0.4, -0.2) is 48.6 Å². The summed E-state index contributed by atoms with van der Waals surface area (Å²) in [7, 11) is 1.33. The van der Waals surface area contributed by atoms with Crippen LogP contribution in [0.2, 0.25) is 0 Å². The van der Waals surface area contributed by atoms with E-state index >= 15 is 0 Å². The Labute approximate surface area is 176 Å². The molecule has 0 unspecified atom stereocenters. The molecule has 0 saturated heterocycles. The standard InChI is InChI=1S/C22H30N2O4S/c1-4-6-8-17-9-11-18(12-10-17)21(25)24(13-7-14-28-5-2)15-20-23-19(16-29-20)22(26)27-3/h9-12,16H,4-8,13-15H2,1-3H3. The molecule has 0 bridgehead atoms. The Morgan fingerprint density at radius 1 is 1.14 bits per heavy atom. The second-order valence-electron chi connectivity index (χ2n) is 6.70. The molecule has 0 aliphatic rings. The third kappa shape index (κ3) is 7.25. The van der Waals surface area contributed by atoms with Gasteiger partial charge in [0, 0.05) is 30.7 Å². The van der Waals surface area contributed by atoms with Crippen molar-refractivity contribution in [3.63, 3.8) is 0 Å². The molecule has 0 N–H and O–H groups in total. The minimum atomic E-state index is -0.468. The Bertz CT molecular complexity index is 773. The van der Waals surface area contributed by atoms with Crippen molar-refractivity contribution >= 4 is 23.2 Å². The van der Waals surface area contributed by atoms with Crippen LogP contribution in [0, 0.1) is 0 Å². The van der Waals surface area contributed by atoms with Crippen molar-refractivity contribution in [2.75, 3.05) is 26.9 Å². The van der Waals surface area contributed by atoms with E-state index in [0.29, 0.717) is 36.9 Å². The van der Waals surface area contributed by atoms with Gasteiger partial charge in [0.05, 0.1) is 13.7 Å². The summed E-state index contributed by atoms with van der Waals surface area (Å²) in [6.45, 7) is 6.28. The monoisotopic (exact) mass is 418 g/mol. The van der Waals surface area contributed by atoms with E-state index in [-0.39, 0.29) is 11.6 Å². The van der Waals surface area contributed by atoms with Gasteiger partial charge in [0.1, 0.15) is 5.01 Å². The molecule has 29 heavy (non-hydrogen) atoms. The molecule has 2 rings (SSSR count). The second-order valence-corrected chi connectivity index (χ2v) is 7.64. The molecule has 2 aromatic rings. The molecule has 0 atom stereocenters. The number of nitrogens with zero attached hydrogens (tertiary/aromatic N) is 2. The number of hydrogen-bond donors (Lipinski definition) is 0. The molecule has 1 amide bonds. The van der Waals surface area contributed by atoms with Crippen LogP contribution in [0.5, 0.6) is 0 Å². The van der Waals surface area contributed by atoms with Crippen LogP contribution in [0.3, 0.4) is 0 Å². The molecular formula is C22H30N2O4S. The lowest BCUT2D eigenvalue weighted by atomic mass is 10.1. The number of esters is 1. The van der Waals surface area contributed by atoms with E-state index in [1.54, 1.807) is 10.3 Å². The SMILES string of the molecule is CCCCc1ccc(C(=O)N(CCCOCC)Cc2nc(C(=O)OC)cs2)cc1. The van der Waals surface area contributed by atoms with Gasteiger partial charge in [-0.3, -0.25) is 4.79 Å². The van der Waals surface area contributed by atoms with Gasteiger partial charge in [0.2, 0.25) is 0 Å². The number of ether oxygens (including phenoxy) is 2. The molecule has 6 nitrogen and oxygen atoms in total. The predicted molar refractivity (Wildman–Crippen MR) is 114 cm³/mol. The van der Waals surface area contributed by atoms with Crippen LogP contribution in [0.15, 0.2) is 29.6 Å². The second kappa shape index (κ2) is 12.3. The Morgan fingerprint density at radius 3 is 2.55 bits per heavy atom. The third-order valence-electron chi connectivity index (χ3n) is 4.50. The van der Waals surface area contributed by atoms with Gasteiger partial charge in [-0.1, -0.05) is 25.5 Å². The molecule has 7 heteroatoms. The number of unbranched alkanes of at least 4 members (excludes halogenated alkanes) is 1. The van der Waals surface area contributed by atoms with Gasteiger partial charge in [-0.2, -0.15) is 0 Å². The third-order valence-corrected chi connectivity index (χ3v) is 5.33. The van der Waals surface area contributed by atoms with Crippen LogP contribution in [0.4, 0.5) is 0 Å². The fourth-order valence-electron chi connectivity index (χ4n) is 2.88. The van der Waals surface area contributed by atoms with E-state index in [4.69, 9.17) is 9.47 Å². The fourth-order valence-corrected chi connectivity index (χ4v) is 3.65. The summed E-state index contributed by atoms with van der Waals surface area (Å²) in [5.41, 5.74) is 2.18. The van der Waals surface area contributed by atoms with Crippen molar-refractivity contribution in [3.8, 4) is 0 Å². The van der Waals surface area contributed by atoms with Crippen molar-refractivity contribution in [1.29, 1.82) is 0 Å². The number of hydrogen-bond acceptors (Lipinski definition) is 6. The van der Waals surface area contributed by atoms with Crippen LogP contribution in [-0.2, 0) is 22.4 Å². The molecule has 0 saturated carbocycles. The summed E-state index contributed by atoms with van der Waals surface area (Å²) < 4.78 is 10.1. The van der Waals surface area contributed by atoms with Crippen LogP contribution >= 0.6 is 11.3 Å². The number of benzene rings is 1. The Balaban J connectivity index is 2.10. The topological polar surface area (TPSA) is 68.7 Å². The molecule has 0 spiro atoms. The van der Waals surface area contributed by atoms with Crippen molar-refractivity contribution < 1.29 is 19.1 Å². The van der Waals surface area contributed by atoms with Gasteiger partial charge in [-0.05, 0) is 43.9 Å². The van der Waals surface area contributed by atoms with Crippen molar-refractivity contribution in [3.05, 3.63) is 51.5 Å². The molecule has 0 radical (unpaired) electrons. The quantitative estimate of drug-likeness (QED) is 0.379. The van der Waals surface area contributed by atoms with Crippen molar-refractivity contribution in [2.24, 2.45) is 0 Å². The zero-order valence-corrected chi connectivity index (χ0v) is 18.3. The summed E-state index contributed by atoms with van der Waals surface area (Å²) in [5, 5.41) is 2.36. The minimum Gasteiger partial charge on any atom is -0.464 e. The highest BCUT2D eigenvalue weighted by Crippen LogP contribution is 2.17. The van der Waals surface area contributed by atoms with E-state index in [1.807, 2.05) is 31.2 Å². The summed E-state index contributed by atoms with van der Waals surface area (Å²) in [4.78, 5) is 30.8. The lowest BCUT2D eigenvalue weighted by Crippen LogP contribution is -2.32. The van der Waals surface area contributed by atoms with Gasteiger partial charge in [-0.15, -0.1) is 11.3 Å². The first-order chi connectivity index (χ1) is 14.1. The largest absolute Gasteiger partial charge is 0.464 e. The van der Waals surface area contributed by atoms with Crippen molar-refractivity contribution in [1.82, 2.24) is 9.88 Å². The normalized spacial score (nSPS) is 10.7. The van der Waals surface area contributed by atoms with Gasteiger partial charge in [-0.25, -0.2) is 9.78 Å². The van der Waals surface area contributed by atoms with Crippen molar-refractivity contribution in [2.45, 2.75) is 46.1 Å². The Kier molecular flexibility index (Phi) is 9.80. The maximum atomic E-state index is 13.1. The maximum Gasteiger partial charge on any atom is 0.357 e. The molecule has 1 aromatic carbocycles. The highest BCUT2D eigenvalue weighted by molar-refractivity contribution is 7.09. The zero-order chi connectivity index (χ0) is 21.1. The predicted octanol–water partition coefficient (Wildman–Crippen LogP) is 4.34.